The van der Waals surface area contributed by atoms with Crippen LogP contribution in [0.25, 0.3) is 0 Å². The standard InChI is InChI=1S/C15H22O3/c1-9-12(17)10-6-13(2,8-16)7-11(10)14(3,18)15(9)4-5-15/h9,16,18H,4-8H2,1-3H3/t9-,13-,14+/m0/s1. The van der Waals surface area contributed by atoms with Crippen molar-refractivity contribution in [1.29, 1.82) is 0 Å². The van der Waals surface area contributed by atoms with Gasteiger partial charge in [-0.25, -0.2) is 0 Å². The molecular formula is C15H22O3. The number of aliphatic hydroxyl groups excluding tert-OH is 1. The molecule has 0 aliphatic heterocycles. The minimum atomic E-state index is -0.859. The van der Waals surface area contributed by atoms with E-state index in [0.717, 1.165) is 24.0 Å². The molecule has 3 heteroatoms. The van der Waals surface area contributed by atoms with E-state index in [4.69, 9.17) is 0 Å². The smallest absolute Gasteiger partial charge is 0.162 e. The second-order valence-corrected chi connectivity index (χ2v) is 7.09. The quantitative estimate of drug-likeness (QED) is 0.746. The van der Waals surface area contributed by atoms with Crippen LogP contribution in [0.15, 0.2) is 11.1 Å². The molecule has 0 heterocycles. The van der Waals surface area contributed by atoms with Crippen LogP contribution >= 0.6 is 0 Å². The summed E-state index contributed by atoms with van der Waals surface area (Å²) in [5.41, 5.74) is 0.387. The Kier molecular flexibility index (Phi) is 2.24. The molecule has 0 bridgehead atoms. The minimum Gasteiger partial charge on any atom is -0.396 e. The summed E-state index contributed by atoms with van der Waals surface area (Å²) in [5, 5.41) is 20.5. The molecule has 1 saturated carbocycles. The summed E-state index contributed by atoms with van der Waals surface area (Å²) in [6.45, 7) is 5.91. The summed E-state index contributed by atoms with van der Waals surface area (Å²) in [5.74, 6) is 0.137. The minimum absolute atomic E-state index is 0.0741. The third-order valence-corrected chi connectivity index (χ3v) is 5.82. The summed E-state index contributed by atoms with van der Waals surface area (Å²) in [4.78, 5) is 12.5. The number of allylic oxidation sites excluding steroid dienone is 1. The average molecular weight is 250 g/mol. The van der Waals surface area contributed by atoms with Gasteiger partial charge in [0.15, 0.2) is 5.78 Å². The Morgan fingerprint density at radius 1 is 1.28 bits per heavy atom. The normalized spacial score (nSPS) is 45.6. The first-order valence-electron chi connectivity index (χ1n) is 6.87. The summed E-state index contributed by atoms with van der Waals surface area (Å²) >= 11 is 0. The number of carbonyl (C=O) groups is 1. The molecule has 3 nitrogen and oxygen atoms in total. The fourth-order valence-corrected chi connectivity index (χ4v) is 4.23. The molecule has 0 unspecified atom stereocenters. The van der Waals surface area contributed by atoms with Crippen LogP contribution in [0.2, 0.25) is 0 Å². The maximum absolute atomic E-state index is 12.5. The molecule has 3 aliphatic rings. The van der Waals surface area contributed by atoms with Crippen LogP contribution in [-0.2, 0) is 4.79 Å². The Morgan fingerprint density at radius 3 is 2.39 bits per heavy atom. The summed E-state index contributed by atoms with van der Waals surface area (Å²) < 4.78 is 0. The number of carbonyl (C=O) groups excluding carboxylic acids is 1. The van der Waals surface area contributed by atoms with E-state index < -0.39 is 5.60 Å². The highest BCUT2D eigenvalue weighted by Crippen LogP contribution is 2.67. The number of rotatable bonds is 1. The van der Waals surface area contributed by atoms with Crippen molar-refractivity contribution in [2.45, 2.75) is 52.1 Å². The largest absolute Gasteiger partial charge is 0.396 e. The van der Waals surface area contributed by atoms with Crippen LogP contribution in [0.3, 0.4) is 0 Å². The van der Waals surface area contributed by atoms with E-state index in [1.54, 1.807) is 0 Å². The first-order chi connectivity index (χ1) is 8.27. The molecule has 0 aromatic heterocycles. The van der Waals surface area contributed by atoms with Crippen molar-refractivity contribution in [2.24, 2.45) is 16.7 Å². The second-order valence-electron chi connectivity index (χ2n) is 7.09. The van der Waals surface area contributed by atoms with Crippen molar-refractivity contribution in [3.63, 3.8) is 0 Å². The zero-order valence-electron chi connectivity index (χ0n) is 11.4. The highest BCUT2D eigenvalue weighted by Gasteiger charge is 2.67. The van der Waals surface area contributed by atoms with Gasteiger partial charge in [0.05, 0.1) is 5.60 Å². The van der Waals surface area contributed by atoms with Gasteiger partial charge in [0.2, 0.25) is 0 Å². The average Bonchev–Trinajstić information content (AvgIpc) is 3.05. The monoisotopic (exact) mass is 250 g/mol. The number of ketones is 1. The highest BCUT2D eigenvalue weighted by molar-refractivity contribution is 6.01. The van der Waals surface area contributed by atoms with E-state index in [1.807, 2.05) is 20.8 Å². The number of hydrogen-bond donors (Lipinski definition) is 2. The number of aliphatic hydroxyl groups is 2. The molecule has 3 atom stereocenters. The molecule has 0 amide bonds. The van der Waals surface area contributed by atoms with Crippen LogP contribution in [-0.4, -0.2) is 28.2 Å². The predicted molar refractivity (Wildman–Crippen MR) is 67.9 cm³/mol. The summed E-state index contributed by atoms with van der Waals surface area (Å²) in [6.07, 6.45) is 3.17. The summed E-state index contributed by atoms with van der Waals surface area (Å²) in [7, 11) is 0. The third kappa shape index (κ3) is 1.24. The van der Waals surface area contributed by atoms with Crippen LogP contribution < -0.4 is 0 Å². The van der Waals surface area contributed by atoms with E-state index in [2.05, 4.69) is 0 Å². The fraction of sp³-hybridized carbons (Fsp3) is 0.800. The van der Waals surface area contributed by atoms with Gasteiger partial charge in [-0.2, -0.15) is 0 Å². The first-order valence-corrected chi connectivity index (χ1v) is 6.87. The molecule has 1 fully saturated rings. The Balaban J connectivity index is 2.09. The van der Waals surface area contributed by atoms with Crippen molar-refractivity contribution >= 4 is 5.78 Å². The molecule has 18 heavy (non-hydrogen) atoms. The van der Waals surface area contributed by atoms with Gasteiger partial charge >= 0.3 is 0 Å². The van der Waals surface area contributed by atoms with Gasteiger partial charge in [0, 0.05) is 17.9 Å². The summed E-state index contributed by atoms with van der Waals surface area (Å²) in [6, 6.07) is 0. The van der Waals surface area contributed by atoms with Gasteiger partial charge in [0.25, 0.3) is 0 Å². The molecule has 100 valence electrons. The number of Topliss-reactive ketones (excluding diaryl/α,β-unsaturated/α-hetero) is 1. The van der Waals surface area contributed by atoms with E-state index in [9.17, 15) is 15.0 Å². The Labute approximate surface area is 108 Å². The van der Waals surface area contributed by atoms with E-state index in [-0.39, 0.29) is 29.1 Å². The Bertz CT molecular complexity index is 456. The van der Waals surface area contributed by atoms with Crippen molar-refractivity contribution in [3.05, 3.63) is 11.1 Å². The lowest BCUT2D eigenvalue weighted by Gasteiger charge is -2.43. The molecule has 0 radical (unpaired) electrons. The van der Waals surface area contributed by atoms with E-state index in [1.165, 1.54) is 0 Å². The molecule has 0 saturated heterocycles. The van der Waals surface area contributed by atoms with Gasteiger partial charge in [0.1, 0.15) is 0 Å². The van der Waals surface area contributed by atoms with Crippen molar-refractivity contribution in [2.75, 3.05) is 6.61 Å². The SMILES string of the molecule is C[C@H]1C(=O)C2=C(C[C@@](C)(CO)C2)[C@@](C)(O)C12CC2. The molecule has 2 N–H and O–H groups in total. The van der Waals surface area contributed by atoms with Gasteiger partial charge in [-0.3, -0.25) is 4.79 Å². The second kappa shape index (κ2) is 3.26. The first kappa shape index (κ1) is 12.4. The fourth-order valence-electron chi connectivity index (χ4n) is 4.23. The van der Waals surface area contributed by atoms with Crippen molar-refractivity contribution < 1.29 is 15.0 Å². The van der Waals surface area contributed by atoms with Crippen molar-refractivity contribution in [3.8, 4) is 0 Å². The Hall–Kier alpha value is -0.670. The predicted octanol–water partition coefficient (Wildman–Crippen LogP) is 1.83. The molecule has 0 aromatic rings. The highest BCUT2D eigenvalue weighted by atomic mass is 16.3. The molecule has 3 rings (SSSR count). The van der Waals surface area contributed by atoms with E-state index >= 15 is 0 Å². The molecular weight excluding hydrogens is 228 g/mol. The van der Waals surface area contributed by atoms with Crippen LogP contribution in [0.1, 0.15) is 46.5 Å². The lowest BCUT2D eigenvalue weighted by Crippen LogP contribution is -2.48. The van der Waals surface area contributed by atoms with Crippen LogP contribution in [0.5, 0.6) is 0 Å². The maximum atomic E-state index is 12.5. The van der Waals surface area contributed by atoms with Crippen molar-refractivity contribution in [1.82, 2.24) is 0 Å². The van der Waals surface area contributed by atoms with Gasteiger partial charge in [-0.1, -0.05) is 13.8 Å². The van der Waals surface area contributed by atoms with Gasteiger partial charge in [-0.05, 0) is 49.2 Å². The molecule has 3 aliphatic carbocycles. The van der Waals surface area contributed by atoms with Gasteiger partial charge < -0.3 is 10.2 Å². The molecule has 0 aromatic carbocycles. The lowest BCUT2D eigenvalue weighted by molar-refractivity contribution is -0.127. The van der Waals surface area contributed by atoms with Crippen LogP contribution in [0.4, 0.5) is 0 Å². The zero-order chi connectivity index (χ0) is 13.3. The number of hydrogen-bond acceptors (Lipinski definition) is 3. The topological polar surface area (TPSA) is 57.5 Å². The molecule has 1 spiro atoms. The maximum Gasteiger partial charge on any atom is 0.162 e. The Morgan fingerprint density at radius 2 is 1.89 bits per heavy atom. The zero-order valence-corrected chi connectivity index (χ0v) is 11.4. The van der Waals surface area contributed by atoms with Gasteiger partial charge in [-0.15, -0.1) is 0 Å². The third-order valence-electron chi connectivity index (χ3n) is 5.82. The van der Waals surface area contributed by atoms with Crippen LogP contribution in [0, 0.1) is 16.7 Å². The van der Waals surface area contributed by atoms with E-state index in [0.29, 0.717) is 12.8 Å². The lowest BCUT2D eigenvalue weighted by atomic mass is 9.64.